The number of hydrogen-bond donors (Lipinski definition) is 0. The van der Waals surface area contributed by atoms with Crippen molar-refractivity contribution in [3.8, 4) is 22.9 Å². The van der Waals surface area contributed by atoms with Crippen LogP contribution in [-0.2, 0) is 18.8 Å². The number of carbonyl (C=O) groups excluding carboxylic acids is 1. The number of aryl methyl sites for hydroxylation is 3. The summed E-state index contributed by atoms with van der Waals surface area (Å²) < 4.78 is 15.6. The number of anilines is 3. The van der Waals surface area contributed by atoms with Gasteiger partial charge in [-0.25, -0.2) is 4.79 Å². The van der Waals surface area contributed by atoms with E-state index >= 15 is 0 Å². The van der Waals surface area contributed by atoms with Crippen LogP contribution in [0.5, 0.6) is 5.75 Å². The molecule has 11 heteroatoms. The highest BCUT2D eigenvalue weighted by molar-refractivity contribution is 5.98. The standard InChI is InChI=1S/C35H41N7O4/c1-22-14-28-29(40(7)33(22)43)16-26(45-25-8-10-41(11-9-25)34(44)46-35(2,3)4)17-30(28)42-13-12-38(5)31-18-27(23(19-36)15-32(31)42)24-20-37-39(6)21-24/h14-18,20-21,25H,8-13H2,1-7H3. The Balaban J connectivity index is 1.39. The van der Waals surface area contributed by atoms with Crippen LogP contribution in [0.2, 0.25) is 0 Å². The molecule has 0 unspecified atom stereocenters. The van der Waals surface area contributed by atoms with Gasteiger partial charge in [-0.2, -0.15) is 10.4 Å². The highest BCUT2D eigenvalue weighted by Gasteiger charge is 2.30. The average Bonchev–Trinajstić information content (AvgIpc) is 3.45. The molecule has 240 valence electrons. The molecule has 2 aromatic carbocycles. The van der Waals surface area contributed by atoms with E-state index in [1.807, 2.05) is 65.2 Å². The number of piperidine rings is 1. The van der Waals surface area contributed by atoms with Gasteiger partial charge in [0.1, 0.15) is 17.5 Å². The molecule has 0 aliphatic carbocycles. The van der Waals surface area contributed by atoms with Gasteiger partial charge in [0.25, 0.3) is 5.56 Å². The van der Waals surface area contributed by atoms with Crippen molar-refractivity contribution in [3.05, 3.63) is 64.2 Å². The summed E-state index contributed by atoms with van der Waals surface area (Å²) in [5.41, 5.74) is 5.91. The number of carbonyl (C=O) groups is 1. The number of benzene rings is 2. The van der Waals surface area contributed by atoms with Crippen molar-refractivity contribution in [1.82, 2.24) is 19.2 Å². The van der Waals surface area contributed by atoms with Crippen LogP contribution in [0.1, 0.15) is 44.7 Å². The lowest BCUT2D eigenvalue weighted by Crippen LogP contribution is -2.44. The SMILES string of the molecule is Cc1cc2c(N3CCN(C)c4cc(-c5cnn(C)c5)c(C#N)cc43)cc(OC3CCN(C(=O)OC(C)(C)C)CC3)cc2n(C)c1=O. The molecule has 1 fully saturated rings. The van der Waals surface area contributed by atoms with Crippen molar-refractivity contribution in [3.63, 3.8) is 0 Å². The predicted octanol–water partition coefficient (Wildman–Crippen LogP) is 5.49. The van der Waals surface area contributed by atoms with E-state index < -0.39 is 5.60 Å². The number of fused-ring (bicyclic) bond motifs is 2. The third kappa shape index (κ3) is 5.87. The van der Waals surface area contributed by atoms with E-state index in [0.717, 1.165) is 45.6 Å². The molecule has 1 saturated heterocycles. The van der Waals surface area contributed by atoms with Gasteiger partial charge in [-0.1, -0.05) is 0 Å². The first-order chi connectivity index (χ1) is 21.8. The summed E-state index contributed by atoms with van der Waals surface area (Å²) in [4.78, 5) is 31.9. The van der Waals surface area contributed by atoms with Gasteiger partial charge in [-0.3, -0.25) is 9.48 Å². The number of nitriles is 1. The number of nitrogens with zero attached hydrogens (tertiary/aromatic N) is 7. The molecular weight excluding hydrogens is 582 g/mol. The van der Waals surface area contributed by atoms with E-state index in [4.69, 9.17) is 9.47 Å². The van der Waals surface area contributed by atoms with Crippen LogP contribution in [0, 0.1) is 18.3 Å². The molecule has 0 radical (unpaired) electrons. The fraction of sp³-hybridized carbons (Fsp3) is 0.429. The van der Waals surface area contributed by atoms with Crippen LogP contribution in [0.25, 0.3) is 22.0 Å². The molecule has 1 amide bonds. The Kier molecular flexibility index (Phi) is 7.92. The van der Waals surface area contributed by atoms with Crippen molar-refractivity contribution in [2.24, 2.45) is 14.1 Å². The summed E-state index contributed by atoms with van der Waals surface area (Å²) in [6, 6.07) is 12.3. The van der Waals surface area contributed by atoms with Crippen LogP contribution in [0.3, 0.4) is 0 Å². The van der Waals surface area contributed by atoms with E-state index in [0.29, 0.717) is 49.4 Å². The topological polar surface area (TPSA) is 109 Å². The second-order valence-electron chi connectivity index (χ2n) is 13.3. The molecule has 46 heavy (non-hydrogen) atoms. The van der Waals surface area contributed by atoms with Crippen LogP contribution < -0.4 is 20.1 Å². The number of ether oxygens (including phenoxy) is 2. The Morgan fingerprint density at radius 3 is 2.37 bits per heavy atom. The minimum absolute atomic E-state index is 0.0621. The number of aromatic nitrogens is 3. The first-order valence-corrected chi connectivity index (χ1v) is 15.7. The zero-order valence-electron chi connectivity index (χ0n) is 27.6. The van der Waals surface area contributed by atoms with E-state index in [-0.39, 0.29) is 17.8 Å². The van der Waals surface area contributed by atoms with Gasteiger partial charge in [-0.05, 0) is 45.9 Å². The minimum atomic E-state index is -0.545. The van der Waals surface area contributed by atoms with Gasteiger partial charge < -0.3 is 28.7 Å². The molecule has 4 aromatic rings. The molecule has 2 aromatic heterocycles. The molecule has 4 heterocycles. The van der Waals surface area contributed by atoms with E-state index in [1.165, 1.54) is 0 Å². The second kappa shape index (κ2) is 11.7. The van der Waals surface area contributed by atoms with Crippen molar-refractivity contribution in [2.45, 2.75) is 52.2 Å². The van der Waals surface area contributed by atoms with Crippen LogP contribution >= 0.6 is 0 Å². The number of pyridine rings is 1. The fourth-order valence-electron chi connectivity index (χ4n) is 6.37. The van der Waals surface area contributed by atoms with Gasteiger partial charge in [0, 0.05) is 101 Å². The molecule has 0 N–H and O–H groups in total. The van der Waals surface area contributed by atoms with Crippen molar-refractivity contribution in [2.75, 3.05) is 43.0 Å². The van der Waals surface area contributed by atoms with E-state index in [2.05, 4.69) is 34.1 Å². The zero-order chi connectivity index (χ0) is 32.9. The average molecular weight is 624 g/mol. The van der Waals surface area contributed by atoms with Gasteiger partial charge >= 0.3 is 6.09 Å². The third-order valence-corrected chi connectivity index (χ3v) is 8.77. The summed E-state index contributed by atoms with van der Waals surface area (Å²) in [7, 11) is 5.71. The lowest BCUT2D eigenvalue weighted by Gasteiger charge is -2.38. The minimum Gasteiger partial charge on any atom is -0.490 e. The number of amides is 1. The molecule has 0 saturated carbocycles. The van der Waals surface area contributed by atoms with Crippen LogP contribution in [0.15, 0.2) is 47.5 Å². The predicted molar refractivity (Wildman–Crippen MR) is 179 cm³/mol. The van der Waals surface area contributed by atoms with Crippen molar-refractivity contribution < 1.29 is 14.3 Å². The highest BCUT2D eigenvalue weighted by Crippen LogP contribution is 2.44. The molecular formula is C35H41N7O4. The highest BCUT2D eigenvalue weighted by atomic mass is 16.6. The van der Waals surface area contributed by atoms with Crippen LogP contribution in [0.4, 0.5) is 21.9 Å². The Bertz CT molecular complexity index is 1920. The summed E-state index contributed by atoms with van der Waals surface area (Å²) in [5.74, 6) is 0.657. The Hall–Kier alpha value is -4.98. The normalized spacial score (nSPS) is 15.6. The van der Waals surface area contributed by atoms with Crippen LogP contribution in [-0.4, -0.2) is 70.3 Å². The molecule has 0 spiro atoms. The Labute approximate surface area is 269 Å². The largest absolute Gasteiger partial charge is 0.490 e. The van der Waals surface area contributed by atoms with Gasteiger partial charge in [0.15, 0.2) is 0 Å². The maximum absolute atomic E-state index is 13.1. The molecule has 0 atom stereocenters. The lowest BCUT2D eigenvalue weighted by atomic mass is 9.98. The summed E-state index contributed by atoms with van der Waals surface area (Å²) in [6.07, 6.45) is 4.62. The number of likely N-dealkylation sites (N-methyl/N-ethyl adjacent to an activating group) is 1. The summed E-state index contributed by atoms with van der Waals surface area (Å²) in [6.45, 7) is 9.95. The number of rotatable bonds is 4. The second-order valence-corrected chi connectivity index (χ2v) is 13.3. The monoisotopic (exact) mass is 623 g/mol. The van der Waals surface area contributed by atoms with Crippen molar-refractivity contribution >= 4 is 34.1 Å². The maximum Gasteiger partial charge on any atom is 0.410 e. The smallest absolute Gasteiger partial charge is 0.410 e. The number of hydrogen-bond acceptors (Lipinski definition) is 8. The molecule has 11 nitrogen and oxygen atoms in total. The summed E-state index contributed by atoms with van der Waals surface area (Å²) in [5, 5.41) is 15.5. The quantitative estimate of drug-likeness (QED) is 0.294. The van der Waals surface area contributed by atoms with Crippen molar-refractivity contribution in [1.29, 1.82) is 5.26 Å². The zero-order valence-corrected chi connectivity index (χ0v) is 27.6. The van der Waals surface area contributed by atoms with E-state index in [1.54, 1.807) is 27.4 Å². The fourth-order valence-corrected chi connectivity index (χ4v) is 6.37. The first kappa shape index (κ1) is 31.0. The van der Waals surface area contributed by atoms with Gasteiger partial charge in [0.05, 0.1) is 40.4 Å². The van der Waals surface area contributed by atoms with Gasteiger partial charge in [-0.15, -0.1) is 0 Å². The Morgan fingerprint density at radius 1 is 0.978 bits per heavy atom. The maximum atomic E-state index is 13.1. The Morgan fingerprint density at radius 2 is 1.72 bits per heavy atom. The molecule has 6 rings (SSSR count). The van der Waals surface area contributed by atoms with E-state index in [9.17, 15) is 14.9 Å². The third-order valence-electron chi connectivity index (χ3n) is 8.77. The first-order valence-electron chi connectivity index (χ1n) is 15.7. The molecule has 0 bridgehead atoms. The molecule has 2 aliphatic rings. The molecule has 2 aliphatic heterocycles. The lowest BCUT2D eigenvalue weighted by molar-refractivity contribution is 0.0127. The summed E-state index contributed by atoms with van der Waals surface area (Å²) >= 11 is 0. The number of likely N-dealkylation sites (tertiary alicyclic amines) is 1. The van der Waals surface area contributed by atoms with Gasteiger partial charge in [0.2, 0.25) is 0 Å².